The molecular weight excluding hydrogens is 255 g/mol. The Morgan fingerprint density at radius 3 is 2.40 bits per heavy atom. The van der Waals surface area contributed by atoms with Crippen molar-refractivity contribution in [3.05, 3.63) is 77.1 Å². The SMILES string of the molecule is N=C(/C=C(\N)c1ccc(F)cc1)c1ccccc1C=O. The molecule has 4 heteroatoms. The molecule has 0 aliphatic heterocycles. The van der Waals surface area contributed by atoms with Crippen LogP contribution in [0.3, 0.4) is 0 Å². The number of allylic oxidation sites excluding steroid dienone is 1. The quantitative estimate of drug-likeness (QED) is 0.661. The third kappa shape index (κ3) is 2.98. The van der Waals surface area contributed by atoms with E-state index in [4.69, 9.17) is 11.1 Å². The van der Waals surface area contributed by atoms with E-state index in [9.17, 15) is 9.18 Å². The van der Waals surface area contributed by atoms with Crippen molar-refractivity contribution in [1.29, 1.82) is 5.41 Å². The normalized spacial score (nSPS) is 11.2. The lowest BCUT2D eigenvalue weighted by Crippen LogP contribution is -2.05. The summed E-state index contributed by atoms with van der Waals surface area (Å²) in [6.45, 7) is 0. The van der Waals surface area contributed by atoms with Gasteiger partial charge in [-0.2, -0.15) is 0 Å². The summed E-state index contributed by atoms with van der Waals surface area (Å²) in [6, 6.07) is 12.5. The molecule has 0 aliphatic rings. The molecule has 0 saturated carbocycles. The topological polar surface area (TPSA) is 66.9 Å². The minimum atomic E-state index is -0.345. The van der Waals surface area contributed by atoms with Crippen molar-refractivity contribution in [2.24, 2.45) is 5.73 Å². The zero-order valence-electron chi connectivity index (χ0n) is 10.6. The van der Waals surface area contributed by atoms with Gasteiger partial charge in [0.05, 0.1) is 5.71 Å². The zero-order chi connectivity index (χ0) is 14.5. The molecule has 3 nitrogen and oxygen atoms in total. The van der Waals surface area contributed by atoms with Gasteiger partial charge in [-0.25, -0.2) is 4.39 Å². The number of benzene rings is 2. The molecule has 100 valence electrons. The van der Waals surface area contributed by atoms with Crippen molar-refractivity contribution in [3.8, 4) is 0 Å². The fraction of sp³-hybridized carbons (Fsp3) is 0. The molecule has 0 aliphatic carbocycles. The number of hydrogen-bond donors (Lipinski definition) is 2. The molecular formula is C16H13FN2O. The Hall–Kier alpha value is -2.75. The molecule has 3 N–H and O–H groups in total. The van der Waals surface area contributed by atoms with Gasteiger partial charge in [-0.1, -0.05) is 36.4 Å². The number of aldehydes is 1. The van der Waals surface area contributed by atoms with Crippen LogP contribution in [0.25, 0.3) is 5.70 Å². The van der Waals surface area contributed by atoms with Gasteiger partial charge in [0.2, 0.25) is 0 Å². The molecule has 0 saturated heterocycles. The minimum Gasteiger partial charge on any atom is -0.398 e. The van der Waals surface area contributed by atoms with Crippen LogP contribution in [0.2, 0.25) is 0 Å². The highest BCUT2D eigenvalue weighted by Gasteiger charge is 2.06. The first kappa shape index (κ1) is 13.7. The molecule has 2 aromatic carbocycles. The fourth-order valence-electron chi connectivity index (χ4n) is 1.80. The van der Waals surface area contributed by atoms with E-state index in [1.54, 1.807) is 36.4 Å². The number of carbonyl (C=O) groups excluding carboxylic acids is 1. The molecule has 20 heavy (non-hydrogen) atoms. The maximum Gasteiger partial charge on any atom is 0.150 e. The van der Waals surface area contributed by atoms with Gasteiger partial charge in [-0.05, 0) is 23.8 Å². The highest BCUT2D eigenvalue weighted by Crippen LogP contribution is 2.13. The second-order valence-electron chi connectivity index (χ2n) is 4.23. The summed E-state index contributed by atoms with van der Waals surface area (Å²) in [4.78, 5) is 10.9. The summed E-state index contributed by atoms with van der Waals surface area (Å²) < 4.78 is 12.8. The van der Waals surface area contributed by atoms with E-state index in [1.165, 1.54) is 18.2 Å². The molecule has 0 fully saturated rings. The average Bonchev–Trinajstić information content (AvgIpc) is 2.47. The van der Waals surface area contributed by atoms with E-state index in [1.807, 2.05) is 0 Å². The van der Waals surface area contributed by atoms with Gasteiger partial charge in [0, 0.05) is 16.8 Å². The third-order valence-corrected chi connectivity index (χ3v) is 2.86. The van der Waals surface area contributed by atoms with Crippen LogP contribution >= 0.6 is 0 Å². The highest BCUT2D eigenvalue weighted by molar-refractivity contribution is 6.13. The maximum atomic E-state index is 12.8. The van der Waals surface area contributed by atoms with Crippen LogP contribution in [0, 0.1) is 11.2 Å². The van der Waals surface area contributed by atoms with Gasteiger partial charge in [-0.15, -0.1) is 0 Å². The van der Waals surface area contributed by atoms with Gasteiger partial charge in [-0.3, -0.25) is 4.79 Å². The number of nitrogens with two attached hydrogens (primary N) is 1. The van der Waals surface area contributed by atoms with Crippen LogP contribution in [0.1, 0.15) is 21.5 Å². The molecule has 0 amide bonds. The second kappa shape index (κ2) is 5.93. The molecule has 0 heterocycles. The van der Waals surface area contributed by atoms with Gasteiger partial charge in [0.25, 0.3) is 0 Å². The highest BCUT2D eigenvalue weighted by atomic mass is 19.1. The maximum absolute atomic E-state index is 12.8. The second-order valence-corrected chi connectivity index (χ2v) is 4.23. The van der Waals surface area contributed by atoms with Crippen LogP contribution in [0.5, 0.6) is 0 Å². The summed E-state index contributed by atoms with van der Waals surface area (Å²) in [5, 5.41) is 8.01. The summed E-state index contributed by atoms with van der Waals surface area (Å²) >= 11 is 0. The van der Waals surface area contributed by atoms with E-state index in [0.717, 1.165) is 0 Å². The Bertz CT molecular complexity index is 675. The smallest absolute Gasteiger partial charge is 0.150 e. The van der Waals surface area contributed by atoms with Gasteiger partial charge >= 0.3 is 0 Å². The first-order chi connectivity index (χ1) is 9.61. The summed E-state index contributed by atoms with van der Waals surface area (Å²) in [5.74, 6) is -0.345. The molecule has 2 aromatic rings. The molecule has 0 aromatic heterocycles. The van der Waals surface area contributed by atoms with Gasteiger partial charge in [0.15, 0.2) is 6.29 Å². The Balaban J connectivity index is 2.32. The Morgan fingerprint density at radius 2 is 1.75 bits per heavy atom. The van der Waals surface area contributed by atoms with E-state index < -0.39 is 0 Å². The van der Waals surface area contributed by atoms with Gasteiger partial charge < -0.3 is 11.1 Å². The molecule has 0 spiro atoms. The van der Waals surface area contributed by atoms with E-state index >= 15 is 0 Å². The molecule has 0 atom stereocenters. The number of halogens is 1. The first-order valence-corrected chi connectivity index (χ1v) is 5.98. The van der Waals surface area contributed by atoms with Crippen molar-refractivity contribution >= 4 is 17.7 Å². The average molecular weight is 268 g/mol. The van der Waals surface area contributed by atoms with E-state index in [2.05, 4.69) is 0 Å². The van der Waals surface area contributed by atoms with Crippen LogP contribution in [-0.4, -0.2) is 12.0 Å². The lowest BCUT2D eigenvalue weighted by Gasteiger charge is -2.05. The third-order valence-electron chi connectivity index (χ3n) is 2.86. The Labute approximate surface area is 116 Å². The Kier molecular flexibility index (Phi) is 4.05. The van der Waals surface area contributed by atoms with Crippen LogP contribution in [-0.2, 0) is 0 Å². The number of nitrogens with one attached hydrogen (secondary N) is 1. The van der Waals surface area contributed by atoms with Crippen molar-refractivity contribution in [2.45, 2.75) is 0 Å². The molecule has 2 rings (SSSR count). The molecule has 0 bridgehead atoms. The number of carbonyl (C=O) groups is 1. The standard InChI is InChI=1S/C16H13FN2O/c17-13-7-5-11(6-8-13)15(18)9-16(19)14-4-2-1-3-12(14)10-20/h1-10,19H,18H2/b15-9-,19-16?. The van der Waals surface area contributed by atoms with Gasteiger partial charge in [0.1, 0.15) is 5.82 Å². The van der Waals surface area contributed by atoms with Crippen molar-refractivity contribution < 1.29 is 9.18 Å². The zero-order valence-corrected chi connectivity index (χ0v) is 10.6. The van der Waals surface area contributed by atoms with Crippen molar-refractivity contribution in [3.63, 3.8) is 0 Å². The summed E-state index contributed by atoms with van der Waals surface area (Å²) in [5.41, 5.74) is 7.92. The molecule has 0 unspecified atom stereocenters. The number of rotatable bonds is 4. The summed E-state index contributed by atoms with van der Waals surface area (Å²) in [6.07, 6.45) is 2.15. The minimum absolute atomic E-state index is 0.134. The van der Waals surface area contributed by atoms with Crippen molar-refractivity contribution in [2.75, 3.05) is 0 Å². The lowest BCUT2D eigenvalue weighted by atomic mass is 10.0. The number of hydrogen-bond acceptors (Lipinski definition) is 3. The fourth-order valence-corrected chi connectivity index (χ4v) is 1.80. The first-order valence-electron chi connectivity index (χ1n) is 5.98. The predicted octanol–water partition coefficient (Wildman–Crippen LogP) is 3.01. The Morgan fingerprint density at radius 1 is 1.10 bits per heavy atom. The lowest BCUT2D eigenvalue weighted by molar-refractivity contribution is 0.112. The van der Waals surface area contributed by atoms with E-state index in [-0.39, 0.29) is 11.5 Å². The van der Waals surface area contributed by atoms with Crippen LogP contribution in [0.15, 0.2) is 54.6 Å². The molecule has 0 radical (unpaired) electrons. The van der Waals surface area contributed by atoms with Crippen LogP contribution < -0.4 is 5.73 Å². The predicted molar refractivity (Wildman–Crippen MR) is 77.2 cm³/mol. The largest absolute Gasteiger partial charge is 0.398 e. The van der Waals surface area contributed by atoms with Crippen LogP contribution in [0.4, 0.5) is 4.39 Å². The van der Waals surface area contributed by atoms with E-state index in [0.29, 0.717) is 28.7 Å². The van der Waals surface area contributed by atoms with Crippen molar-refractivity contribution in [1.82, 2.24) is 0 Å². The summed E-state index contributed by atoms with van der Waals surface area (Å²) in [7, 11) is 0. The monoisotopic (exact) mass is 268 g/mol.